The van der Waals surface area contributed by atoms with Crippen LogP contribution in [0.3, 0.4) is 0 Å². The van der Waals surface area contributed by atoms with Gasteiger partial charge < -0.3 is 5.73 Å². The van der Waals surface area contributed by atoms with Crippen LogP contribution in [0.1, 0.15) is 12.8 Å². The van der Waals surface area contributed by atoms with Crippen molar-refractivity contribution >= 4 is 54.5 Å². The average Bonchev–Trinajstić information content (AvgIpc) is 2.77. The van der Waals surface area contributed by atoms with Crippen molar-refractivity contribution in [2.24, 2.45) is 11.7 Å². The predicted molar refractivity (Wildman–Crippen MR) is 80.3 cm³/mol. The fourth-order valence-electron chi connectivity index (χ4n) is 1.96. The molecular formula is C10H13BrN2O2S3. The molecule has 1 saturated heterocycles. The monoisotopic (exact) mass is 368 g/mol. The van der Waals surface area contributed by atoms with Gasteiger partial charge in [0.2, 0.25) is 0 Å². The van der Waals surface area contributed by atoms with E-state index < -0.39 is 10.0 Å². The van der Waals surface area contributed by atoms with Crippen molar-refractivity contribution in [1.29, 1.82) is 0 Å². The summed E-state index contributed by atoms with van der Waals surface area (Å²) in [5.74, 6) is -0.00747. The van der Waals surface area contributed by atoms with Crippen molar-refractivity contribution in [2.75, 3.05) is 13.1 Å². The number of rotatable bonds is 3. The zero-order chi connectivity index (χ0) is 13.3. The molecule has 0 radical (unpaired) electrons. The number of piperidine rings is 1. The third kappa shape index (κ3) is 2.93. The first-order valence-electron chi connectivity index (χ1n) is 5.46. The van der Waals surface area contributed by atoms with Crippen LogP contribution in [0.2, 0.25) is 0 Å². The first kappa shape index (κ1) is 14.4. The first-order chi connectivity index (χ1) is 8.41. The van der Waals surface area contributed by atoms with Crippen LogP contribution in [0.5, 0.6) is 0 Å². The largest absolute Gasteiger partial charge is 0.393 e. The summed E-state index contributed by atoms with van der Waals surface area (Å²) in [6, 6.07) is 3.36. The van der Waals surface area contributed by atoms with Gasteiger partial charge in [0.15, 0.2) is 0 Å². The molecule has 18 heavy (non-hydrogen) atoms. The Morgan fingerprint density at radius 1 is 1.56 bits per heavy atom. The Hall–Kier alpha value is -0.0200. The van der Waals surface area contributed by atoms with E-state index in [2.05, 4.69) is 15.9 Å². The van der Waals surface area contributed by atoms with E-state index in [-0.39, 0.29) is 5.92 Å². The van der Waals surface area contributed by atoms with E-state index in [9.17, 15) is 8.42 Å². The summed E-state index contributed by atoms with van der Waals surface area (Å²) in [5.41, 5.74) is 5.62. The summed E-state index contributed by atoms with van der Waals surface area (Å²) in [4.78, 5) is 0.405. The van der Waals surface area contributed by atoms with Crippen LogP contribution in [-0.2, 0) is 10.0 Å². The molecule has 0 aromatic carbocycles. The normalized spacial score (nSPS) is 21.9. The van der Waals surface area contributed by atoms with E-state index in [1.807, 2.05) is 0 Å². The maximum absolute atomic E-state index is 12.4. The summed E-state index contributed by atoms with van der Waals surface area (Å²) in [6.45, 7) is 0.935. The third-order valence-electron chi connectivity index (χ3n) is 2.93. The van der Waals surface area contributed by atoms with E-state index in [0.29, 0.717) is 22.3 Å². The van der Waals surface area contributed by atoms with Crippen molar-refractivity contribution in [3.05, 3.63) is 15.9 Å². The van der Waals surface area contributed by atoms with Gasteiger partial charge in [0.05, 0.1) is 8.77 Å². The molecule has 2 rings (SSSR count). The number of thiophene rings is 1. The summed E-state index contributed by atoms with van der Waals surface area (Å²) in [7, 11) is -3.40. The van der Waals surface area contributed by atoms with Gasteiger partial charge in [-0.2, -0.15) is 4.31 Å². The number of nitrogens with two attached hydrogens (primary N) is 1. The summed E-state index contributed by atoms with van der Waals surface area (Å²) in [5, 5.41) is 0. The Labute approximate surface area is 124 Å². The average molecular weight is 369 g/mol. The molecule has 0 aliphatic carbocycles. The molecule has 2 heterocycles. The highest BCUT2D eigenvalue weighted by Crippen LogP contribution is 2.30. The van der Waals surface area contributed by atoms with Gasteiger partial charge in [-0.3, -0.25) is 0 Å². The van der Waals surface area contributed by atoms with Crippen LogP contribution in [0.25, 0.3) is 0 Å². The lowest BCUT2D eigenvalue weighted by Gasteiger charge is -2.30. The number of hydrogen-bond acceptors (Lipinski definition) is 4. The van der Waals surface area contributed by atoms with Gasteiger partial charge in [0.1, 0.15) is 4.21 Å². The van der Waals surface area contributed by atoms with Crippen molar-refractivity contribution in [3.63, 3.8) is 0 Å². The molecule has 0 saturated carbocycles. The van der Waals surface area contributed by atoms with Gasteiger partial charge in [0, 0.05) is 19.0 Å². The quantitative estimate of drug-likeness (QED) is 0.830. The van der Waals surface area contributed by atoms with E-state index >= 15 is 0 Å². The molecule has 0 amide bonds. The second kappa shape index (κ2) is 5.54. The van der Waals surface area contributed by atoms with Crippen LogP contribution < -0.4 is 5.73 Å². The number of thiocarbonyl (C=S) groups is 1. The van der Waals surface area contributed by atoms with Crippen molar-refractivity contribution < 1.29 is 8.42 Å². The Morgan fingerprint density at radius 3 is 2.83 bits per heavy atom. The second-order valence-electron chi connectivity index (χ2n) is 4.16. The molecule has 0 bridgehead atoms. The molecule has 0 spiro atoms. The molecule has 1 aliphatic rings. The standard InChI is InChI=1S/C10H13BrN2O2S3/c11-8-3-4-9(17-8)18(14,15)13-5-1-2-7(6-13)10(12)16/h3-4,7H,1-2,5-6H2,(H2,12,16). The summed E-state index contributed by atoms with van der Waals surface area (Å²) in [6.07, 6.45) is 1.67. The predicted octanol–water partition coefficient (Wildman–Crippen LogP) is 2.20. The van der Waals surface area contributed by atoms with Gasteiger partial charge in [-0.1, -0.05) is 12.2 Å². The third-order valence-corrected chi connectivity index (χ3v) is 7.22. The van der Waals surface area contributed by atoms with Crippen LogP contribution >= 0.6 is 39.5 Å². The smallest absolute Gasteiger partial charge is 0.252 e. The number of hydrogen-bond donors (Lipinski definition) is 1. The highest BCUT2D eigenvalue weighted by molar-refractivity contribution is 9.11. The molecule has 100 valence electrons. The zero-order valence-electron chi connectivity index (χ0n) is 9.50. The molecule has 1 fully saturated rings. The minimum Gasteiger partial charge on any atom is -0.393 e. The Balaban J connectivity index is 2.22. The molecule has 1 aromatic rings. The van der Waals surface area contributed by atoms with Gasteiger partial charge >= 0.3 is 0 Å². The second-order valence-corrected chi connectivity index (χ2v) is 9.26. The number of halogens is 1. The summed E-state index contributed by atoms with van der Waals surface area (Å²) < 4.78 is 27.5. The van der Waals surface area contributed by atoms with Gasteiger partial charge in [0.25, 0.3) is 10.0 Å². The van der Waals surface area contributed by atoms with E-state index in [1.165, 1.54) is 15.6 Å². The molecule has 1 atom stereocenters. The lowest BCUT2D eigenvalue weighted by Crippen LogP contribution is -2.43. The SMILES string of the molecule is NC(=S)C1CCCN(S(=O)(=O)c2ccc(Br)s2)C1. The zero-order valence-corrected chi connectivity index (χ0v) is 13.5. The van der Waals surface area contributed by atoms with E-state index in [4.69, 9.17) is 18.0 Å². The molecule has 8 heteroatoms. The Bertz CT molecular complexity index is 555. The van der Waals surface area contributed by atoms with Gasteiger partial charge in [-0.05, 0) is 40.9 Å². The van der Waals surface area contributed by atoms with Crippen LogP contribution in [-0.4, -0.2) is 30.8 Å². The first-order valence-corrected chi connectivity index (χ1v) is 8.92. The lowest BCUT2D eigenvalue weighted by atomic mass is 10.0. The Kier molecular flexibility index (Phi) is 4.43. The highest BCUT2D eigenvalue weighted by atomic mass is 79.9. The van der Waals surface area contributed by atoms with Crippen LogP contribution in [0.15, 0.2) is 20.1 Å². The fourth-order valence-corrected chi connectivity index (χ4v) is 5.84. The molecule has 1 unspecified atom stereocenters. The van der Waals surface area contributed by atoms with Crippen LogP contribution in [0, 0.1) is 5.92 Å². The maximum Gasteiger partial charge on any atom is 0.252 e. The number of sulfonamides is 1. The molecule has 1 aliphatic heterocycles. The molecule has 2 N–H and O–H groups in total. The van der Waals surface area contributed by atoms with Gasteiger partial charge in [-0.15, -0.1) is 11.3 Å². The van der Waals surface area contributed by atoms with E-state index in [1.54, 1.807) is 12.1 Å². The highest BCUT2D eigenvalue weighted by Gasteiger charge is 2.32. The van der Waals surface area contributed by atoms with E-state index in [0.717, 1.165) is 16.6 Å². The van der Waals surface area contributed by atoms with Crippen molar-refractivity contribution in [2.45, 2.75) is 17.1 Å². The topological polar surface area (TPSA) is 63.4 Å². The molecular weight excluding hydrogens is 356 g/mol. The van der Waals surface area contributed by atoms with Gasteiger partial charge in [-0.25, -0.2) is 8.42 Å². The number of nitrogens with zero attached hydrogens (tertiary/aromatic N) is 1. The van der Waals surface area contributed by atoms with Crippen LogP contribution in [0.4, 0.5) is 0 Å². The summed E-state index contributed by atoms with van der Waals surface area (Å²) >= 11 is 9.46. The van der Waals surface area contributed by atoms with Crippen molar-refractivity contribution in [1.82, 2.24) is 4.31 Å². The molecule has 1 aromatic heterocycles. The maximum atomic E-state index is 12.4. The lowest BCUT2D eigenvalue weighted by molar-refractivity contribution is 0.313. The minimum absolute atomic E-state index is 0.00747. The Morgan fingerprint density at radius 2 is 2.28 bits per heavy atom. The van der Waals surface area contributed by atoms with Crippen molar-refractivity contribution in [3.8, 4) is 0 Å². The minimum atomic E-state index is -3.40. The fraction of sp³-hybridized carbons (Fsp3) is 0.500. The molecule has 4 nitrogen and oxygen atoms in total.